The first-order valence-corrected chi connectivity index (χ1v) is 9.43. The number of aromatic nitrogens is 2. The molecule has 29 heavy (non-hydrogen) atoms. The van der Waals surface area contributed by atoms with Crippen LogP contribution in [0.4, 0.5) is 11.5 Å². The Morgan fingerprint density at radius 3 is 2.66 bits per heavy atom. The van der Waals surface area contributed by atoms with Crippen molar-refractivity contribution >= 4 is 34.9 Å². The monoisotopic (exact) mass is 402 g/mol. The SMILES string of the molecule is C#CCN1C(=O)C2(CC(=O)Nc3c2cnn3-c2ccc(Cl)cc2)c2ccccc21. The summed E-state index contributed by atoms with van der Waals surface area (Å²) in [5, 5.41) is 7.96. The van der Waals surface area contributed by atoms with Crippen LogP contribution in [0.2, 0.25) is 5.02 Å². The van der Waals surface area contributed by atoms with Gasteiger partial charge in [0.15, 0.2) is 0 Å². The summed E-state index contributed by atoms with van der Waals surface area (Å²) in [6, 6.07) is 14.6. The number of terminal acetylenes is 1. The van der Waals surface area contributed by atoms with E-state index in [2.05, 4.69) is 16.3 Å². The Hall–Kier alpha value is -3.56. The molecule has 1 unspecified atom stereocenters. The zero-order valence-electron chi connectivity index (χ0n) is 15.2. The van der Waals surface area contributed by atoms with Crippen LogP contribution in [0.3, 0.4) is 0 Å². The minimum Gasteiger partial charge on any atom is -0.310 e. The highest BCUT2D eigenvalue weighted by Gasteiger charge is 2.56. The lowest BCUT2D eigenvalue weighted by Crippen LogP contribution is -2.46. The van der Waals surface area contributed by atoms with E-state index in [1.165, 1.54) is 0 Å². The topological polar surface area (TPSA) is 67.2 Å². The fourth-order valence-electron chi connectivity index (χ4n) is 4.28. The highest BCUT2D eigenvalue weighted by atomic mass is 35.5. The van der Waals surface area contributed by atoms with E-state index in [9.17, 15) is 9.59 Å². The van der Waals surface area contributed by atoms with Gasteiger partial charge in [-0.15, -0.1) is 6.42 Å². The Balaban J connectivity index is 1.75. The van der Waals surface area contributed by atoms with E-state index >= 15 is 0 Å². The number of nitrogens with one attached hydrogen (secondary N) is 1. The minimum atomic E-state index is -1.14. The number of nitrogens with zero attached hydrogens (tertiary/aromatic N) is 3. The summed E-state index contributed by atoms with van der Waals surface area (Å²) >= 11 is 5.99. The molecule has 1 spiro atoms. The molecule has 5 rings (SSSR count). The maximum Gasteiger partial charge on any atom is 0.243 e. The molecule has 0 fully saturated rings. The standard InChI is InChI=1S/C22H15ClN4O2/c1-2-11-26-18-6-4-3-5-16(18)22(21(26)29)12-19(28)25-20-17(22)13-24-27(20)15-9-7-14(23)8-10-15/h1,3-10,13H,11-12H2,(H,25,28). The lowest BCUT2D eigenvalue weighted by molar-refractivity contribution is -0.126. The first-order valence-electron chi connectivity index (χ1n) is 9.05. The van der Waals surface area contributed by atoms with Crippen LogP contribution in [0.15, 0.2) is 54.7 Å². The minimum absolute atomic E-state index is 0.00320. The highest BCUT2D eigenvalue weighted by Crippen LogP contribution is 2.52. The molecule has 0 bridgehead atoms. The van der Waals surface area contributed by atoms with Gasteiger partial charge in [-0.25, -0.2) is 4.68 Å². The summed E-state index contributed by atoms with van der Waals surface area (Å²) in [6.07, 6.45) is 7.16. The molecule has 0 saturated carbocycles. The summed E-state index contributed by atoms with van der Waals surface area (Å²) < 4.78 is 1.62. The van der Waals surface area contributed by atoms with Gasteiger partial charge in [0.05, 0.1) is 18.4 Å². The van der Waals surface area contributed by atoms with Crippen molar-refractivity contribution < 1.29 is 9.59 Å². The van der Waals surface area contributed by atoms with Crippen molar-refractivity contribution in [3.8, 4) is 18.0 Å². The maximum atomic E-state index is 13.6. The van der Waals surface area contributed by atoms with Crippen molar-refractivity contribution in [1.82, 2.24) is 9.78 Å². The van der Waals surface area contributed by atoms with Gasteiger partial charge in [-0.2, -0.15) is 5.10 Å². The lowest BCUT2D eigenvalue weighted by Gasteiger charge is -2.32. The van der Waals surface area contributed by atoms with Gasteiger partial charge in [0, 0.05) is 22.7 Å². The maximum absolute atomic E-state index is 13.6. The highest BCUT2D eigenvalue weighted by molar-refractivity contribution is 6.30. The third-order valence-corrected chi connectivity index (χ3v) is 5.75. The second-order valence-corrected chi connectivity index (χ2v) is 7.47. The summed E-state index contributed by atoms with van der Waals surface area (Å²) in [4.78, 5) is 27.9. The Kier molecular flexibility index (Phi) is 3.76. The molecule has 0 saturated heterocycles. The molecule has 142 valence electrons. The number of carbonyl (C=O) groups excluding carboxylic acids is 2. The number of anilines is 2. The van der Waals surface area contributed by atoms with Crippen molar-refractivity contribution in [2.75, 3.05) is 16.8 Å². The number of halogens is 1. The van der Waals surface area contributed by atoms with Crippen LogP contribution < -0.4 is 10.2 Å². The number of carbonyl (C=O) groups is 2. The first-order chi connectivity index (χ1) is 14.1. The molecule has 1 N–H and O–H groups in total. The molecular weight excluding hydrogens is 388 g/mol. The largest absolute Gasteiger partial charge is 0.310 e. The number of amides is 2. The summed E-state index contributed by atoms with van der Waals surface area (Å²) in [7, 11) is 0. The third-order valence-electron chi connectivity index (χ3n) is 5.50. The molecule has 2 aromatic carbocycles. The number of rotatable bonds is 2. The summed E-state index contributed by atoms with van der Waals surface area (Å²) in [5.74, 6) is 2.57. The van der Waals surface area contributed by atoms with E-state index in [4.69, 9.17) is 18.0 Å². The van der Waals surface area contributed by atoms with E-state index in [1.807, 2.05) is 24.3 Å². The lowest BCUT2D eigenvalue weighted by atomic mass is 9.72. The fraction of sp³-hybridized carbons (Fsp3) is 0.136. The molecule has 6 nitrogen and oxygen atoms in total. The van der Waals surface area contributed by atoms with Crippen LogP contribution in [-0.2, 0) is 15.0 Å². The molecule has 0 radical (unpaired) electrons. The van der Waals surface area contributed by atoms with E-state index < -0.39 is 5.41 Å². The molecule has 2 aliphatic heterocycles. The predicted octanol–water partition coefficient (Wildman–Crippen LogP) is 3.13. The second-order valence-electron chi connectivity index (χ2n) is 7.04. The normalized spacial score (nSPS) is 19.7. The quantitative estimate of drug-likeness (QED) is 0.670. The van der Waals surface area contributed by atoms with Crippen molar-refractivity contribution in [3.63, 3.8) is 0 Å². The molecule has 1 aromatic heterocycles. The van der Waals surface area contributed by atoms with Crippen molar-refractivity contribution in [2.24, 2.45) is 0 Å². The Morgan fingerprint density at radius 2 is 1.90 bits per heavy atom. The summed E-state index contributed by atoms with van der Waals surface area (Å²) in [6.45, 7) is 0.139. The smallest absolute Gasteiger partial charge is 0.243 e. The van der Waals surface area contributed by atoms with Gasteiger partial charge in [0.25, 0.3) is 0 Å². The molecule has 0 aliphatic carbocycles. The van der Waals surface area contributed by atoms with Gasteiger partial charge in [-0.1, -0.05) is 35.7 Å². The zero-order valence-corrected chi connectivity index (χ0v) is 16.0. The Labute approximate surface area is 172 Å². The Bertz CT molecular complexity index is 1210. The fourth-order valence-corrected chi connectivity index (χ4v) is 4.40. The van der Waals surface area contributed by atoms with Gasteiger partial charge >= 0.3 is 0 Å². The molecule has 3 aromatic rings. The average Bonchev–Trinajstić information content (AvgIpc) is 3.24. The van der Waals surface area contributed by atoms with Crippen LogP contribution in [0, 0.1) is 12.3 Å². The van der Waals surface area contributed by atoms with E-state index in [1.54, 1.807) is 40.0 Å². The van der Waals surface area contributed by atoms with Crippen molar-refractivity contribution in [1.29, 1.82) is 0 Å². The van der Waals surface area contributed by atoms with Crippen LogP contribution in [-0.4, -0.2) is 28.1 Å². The zero-order chi connectivity index (χ0) is 20.2. The van der Waals surface area contributed by atoms with Gasteiger partial charge in [0.1, 0.15) is 11.2 Å². The molecule has 2 amide bonds. The molecule has 7 heteroatoms. The van der Waals surface area contributed by atoms with E-state index in [-0.39, 0.29) is 24.8 Å². The van der Waals surface area contributed by atoms with Crippen LogP contribution in [0.25, 0.3) is 5.69 Å². The number of hydrogen-bond acceptors (Lipinski definition) is 3. The number of benzene rings is 2. The second kappa shape index (κ2) is 6.23. The first kappa shape index (κ1) is 17.5. The third kappa shape index (κ3) is 2.35. The van der Waals surface area contributed by atoms with Crippen molar-refractivity contribution in [2.45, 2.75) is 11.8 Å². The van der Waals surface area contributed by atoms with Gasteiger partial charge in [0.2, 0.25) is 11.8 Å². The van der Waals surface area contributed by atoms with Crippen LogP contribution in [0.1, 0.15) is 17.5 Å². The van der Waals surface area contributed by atoms with Crippen LogP contribution >= 0.6 is 11.6 Å². The van der Waals surface area contributed by atoms with Gasteiger partial charge in [-0.05, 0) is 35.9 Å². The molecule has 1 atom stereocenters. The number of fused-ring (bicyclic) bond motifs is 4. The molecule has 2 aliphatic rings. The molecule has 3 heterocycles. The van der Waals surface area contributed by atoms with E-state index in [0.29, 0.717) is 16.4 Å². The number of para-hydroxylation sites is 1. The van der Waals surface area contributed by atoms with Crippen LogP contribution in [0.5, 0.6) is 0 Å². The van der Waals surface area contributed by atoms with Crippen molar-refractivity contribution in [3.05, 3.63) is 70.9 Å². The molecular formula is C22H15ClN4O2. The Morgan fingerprint density at radius 1 is 1.14 bits per heavy atom. The van der Waals surface area contributed by atoms with E-state index in [0.717, 1.165) is 16.9 Å². The summed E-state index contributed by atoms with van der Waals surface area (Å²) in [5.41, 5.74) is 1.74. The predicted molar refractivity (Wildman–Crippen MR) is 110 cm³/mol. The average molecular weight is 403 g/mol. The van der Waals surface area contributed by atoms with Gasteiger partial charge in [-0.3, -0.25) is 14.5 Å². The number of hydrogen-bond donors (Lipinski definition) is 1. The van der Waals surface area contributed by atoms with Gasteiger partial charge < -0.3 is 5.32 Å².